The van der Waals surface area contributed by atoms with Crippen molar-refractivity contribution in [2.24, 2.45) is 11.8 Å². The highest BCUT2D eigenvalue weighted by molar-refractivity contribution is 5.84. The van der Waals surface area contributed by atoms with Crippen LogP contribution in [0.4, 0.5) is 5.69 Å². The Balaban J connectivity index is 1.38. The number of anilines is 1. The van der Waals surface area contributed by atoms with E-state index in [0.717, 1.165) is 42.9 Å². The lowest BCUT2D eigenvalue weighted by Gasteiger charge is -2.20. The molecule has 5 heterocycles. The first-order valence-corrected chi connectivity index (χ1v) is 9.99. The van der Waals surface area contributed by atoms with Crippen LogP contribution >= 0.6 is 0 Å². The Labute approximate surface area is 167 Å². The number of hydrogen-bond acceptors (Lipinski definition) is 6. The van der Waals surface area contributed by atoms with E-state index in [1.54, 1.807) is 6.20 Å². The topological polar surface area (TPSA) is 75.7 Å². The molecule has 4 aromatic rings. The van der Waals surface area contributed by atoms with Crippen LogP contribution < -0.4 is 15.8 Å². The third kappa shape index (κ3) is 2.73. The summed E-state index contributed by atoms with van der Waals surface area (Å²) < 4.78 is 7.58. The van der Waals surface area contributed by atoms with Crippen LogP contribution in [-0.2, 0) is 0 Å². The lowest BCUT2D eigenvalue weighted by atomic mass is 10.0. The van der Waals surface area contributed by atoms with Crippen LogP contribution in [0.15, 0.2) is 52.1 Å². The lowest BCUT2D eigenvalue weighted by molar-refractivity contribution is 0.533. The molecule has 0 radical (unpaired) electrons. The normalized spacial score (nSPS) is 21.3. The fourth-order valence-corrected chi connectivity index (χ4v) is 4.67. The third-order valence-corrected chi connectivity index (χ3v) is 6.22. The Morgan fingerprint density at radius 1 is 1.14 bits per heavy atom. The number of aromatic nitrogens is 3. The number of hydrogen-bond donors (Lipinski definition) is 1. The van der Waals surface area contributed by atoms with E-state index in [1.807, 2.05) is 41.9 Å². The fourth-order valence-electron chi connectivity index (χ4n) is 4.67. The molecule has 2 saturated heterocycles. The molecular weight excluding hydrogens is 366 g/mol. The molecule has 0 amide bonds. The second-order valence-electron chi connectivity index (χ2n) is 8.17. The van der Waals surface area contributed by atoms with Crippen molar-refractivity contribution in [3.05, 3.63) is 59.0 Å². The molecule has 0 spiro atoms. The zero-order valence-corrected chi connectivity index (χ0v) is 16.1. The Morgan fingerprint density at radius 2 is 1.97 bits per heavy atom. The van der Waals surface area contributed by atoms with Crippen molar-refractivity contribution in [1.82, 2.24) is 19.7 Å². The number of nitrogens with one attached hydrogen (secondary N) is 1. The summed E-state index contributed by atoms with van der Waals surface area (Å²) >= 11 is 0. The molecule has 1 N–H and O–H groups in total. The molecule has 3 aromatic heterocycles. The molecule has 0 saturated carbocycles. The predicted octanol–water partition coefficient (Wildman–Crippen LogP) is 2.47. The molecule has 7 nitrogen and oxygen atoms in total. The number of aryl methyl sites for hydroxylation is 1. The molecule has 2 aliphatic rings. The summed E-state index contributed by atoms with van der Waals surface area (Å²) in [6.07, 6.45) is 5.43. The summed E-state index contributed by atoms with van der Waals surface area (Å²) in [4.78, 5) is 23.9. The van der Waals surface area contributed by atoms with Crippen molar-refractivity contribution < 1.29 is 4.42 Å². The van der Waals surface area contributed by atoms with Gasteiger partial charge in [-0.3, -0.25) is 4.98 Å². The van der Waals surface area contributed by atoms with Crippen LogP contribution in [-0.4, -0.2) is 40.5 Å². The van der Waals surface area contributed by atoms with Crippen molar-refractivity contribution >= 4 is 22.3 Å². The third-order valence-electron chi connectivity index (χ3n) is 6.22. The van der Waals surface area contributed by atoms with Gasteiger partial charge in [-0.15, -0.1) is 0 Å². The maximum atomic E-state index is 12.7. The summed E-state index contributed by atoms with van der Waals surface area (Å²) in [6, 6.07) is 8.02. The van der Waals surface area contributed by atoms with Crippen molar-refractivity contribution in [1.29, 1.82) is 0 Å². The highest BCUT2D eigenvalue weighted by Gasteiger charge is 2.36. The van der Waals surface area contributed by atoms with Crippen LogP contribution in [0.3, 0.4) is 0 Å². The largest absolute Gasteiger partial charge is 0.422 e. The number of benzene rings is 1. The summed E-state index contributed by atoms with van der Waals surface area (Å²) in [5.41, 5.74) is 4.02. The zero-order valence-electron chi connectivity index (χ0n) is 16.1. The van der Waals surface area contributed by atoms with Gasteiger partial charge in [0.2, 0.25) is 0 Å². The average Bonchev–Trinajstić information content (AvgIpc) is 3.41. The minimum atomic E-state index is -0.370. The minimum absolute atomic E-state index is 0.370. The summed E-state index contributed by atoms with van der Waals surface area (Å²) in [5, 5.41) is 4.37. The number of imidazole rings is 1. The van der Waals surface area contributed by atoms with Crippen LogP contribution in [0, 0.1) is 18.8 Å². The molecule has 0 aliphatic carbocycles. The van der Waals surface area contributed by atoms with Crippen molar-refractivity contribution in [3.8, 4) is 11.3 Å². The highest BCUT2D eigenvalue weighted by atomic mass is 16.4. The maximum absolute atomic E-state index is 12.7. The first-order valence-electron chi connectivity index (χ1n) is 9.99. The van der Waals surface area contributed by atoms with Gasteiger partial charge in [-0.1, -0.05) is 0 Å². The van der Waals surface area contributed by atoms with Gasteiger partial charge in [-0.25, -0.2) is 9.78 Å². The summed E-state index contributed by atoms with van der Waals surface area (Å²) in [5.74, 6) is 1.43. The summed E-state index contributed by atoms with van der Waals surface area (Å²) in [7, 11) is 0. The van der Waals surface area contributed by atoms with E-state index < -0.39 is 0 Å². The SMILES string of the molecule is Cc1cn2cc(-c3cc4ccc(N5C[C@H]6CNC[C@H]6C5)cc4oc3=O)nc2cn1. The van der Waals surface area contributed by atoms with Crippen LogP contribution in [0.2, 0.25) is 0 Å². The predicted molar refractivity (Wildman–Crippen MR) is 111 cm³/mol. The maximum Gasteiger partial charge on any atom is 0.345 e. The molecule has 146 valence electrons. The molecular formula is C22H21N5O2. The van der Waals surface area contributed by atoms with Gasteiger partial charge in [-0.2, -0.15) is 0 Å². The van der Waals surface area contributed by atoms with Gasteiger partial charge in [0.1, 0.15) is 5.58 Å². The Hall–Kier alpha value is -3.19. The van der Waals surface area contributed by atoms with Crippen molar-refractivity contribution in [3.63, 3.8) is 0 Å². The lowest BCUT2D eigenvalue weighted by Crippen LogP contribution is -2.25. The van der Waals surface area contributed by atoms with E-state index in [2.05, 4.69) is 26.3 Å². The quantitative estimate of drug-likeness (QED) is 0.533. The van der Waals surface area contributed by atoms with Gasteiger partial charge in [0.15, 0.2) is 5.65 Å². The van der Waals surface area contributed by atoms with E-state index in [9.17, 15) is 4.79 Å². The smallest absolute Gasteiger partial charge is 0.345 e. The molecule has 1 aromatic carbocycles. The van der Waals surface area contributed by atoms with Crippen LogP contribution in [0.1, 0.15) is 5.69 Å². The molecule has 2 aliphatic heterocycles. The summed E-state index contributed by atoms with van der Waals surface area (Å²) in [6.45, 7) is 6.23. The fraction of sp³-hybridized carbons (Fsp3) is 0.318. The van der Waals surface area contributed by atoms with E-state index in [1.165, 1.54) is 0 Å². The second-order valence-corrected chi connectivity index (χ2v) is 8.17. The van der Waals surface area contributed by atoms with Gasteiger partial charge in [0, 0.05) is 55.7 Å². The molecule has 0 bridgehead atoms. The molecule has 2 fully saturated rings. The van der Waals surface area contributed by atoms with E-state index in [-0.39, 0.29) is 5.63 Å². The van der Waals surface area contributed by atoms with Gasteiger partial charge in [0.25, 0.3) is 0 Å². The van der Waals surface area contributed by atoms with E-state index in [0.29, 0.717) is 34.3 Å². The zero-order chi connectivity index (χ0) is 19.5. The van der Waals surface area contributed by atoms with Gasteiger partial charge in [0.05, 0.1) is 23.1 Å². The first-order chi connectivity index (χ1) is 14.1. The van der Waals surface area contributed by atoms with E-state index in [4.69, 9.17) is 4.42 Å². The van der Waals surface area contributed by atoms with Crippen LogP contribution in [0.5, 0.6) is 0 Å². The number of fused-ring (bicyclic) bond motifs is 3. The average molecular weight is 387 g/mol. The standard InChI is InChI=1S/C22H21N5O2/c1-13-9-27-12-19(25-21(27)8-24-13)18-4-14-2-3-17(5-20(14)29-22(18)28)26-10-15-6-23-7-16(15)11-26/h2-5,8-9,12,15-16,23H,6-7,10-11H2,1H3/t15-,16+. The molecule has 6 rings (SSSR count). The Bertz CT molecular complexity index is 1300. The number of nitrogens with zero attached hydrogens (tertiary/aromatic N) is 4. The Morgan fingerprint density at radius 3 is 2.79 bits per heavy atom. The minimum Gasteiger partial charge on any atom is -0.422 e. The molecule has 7 heteroatoms. The van der Waals surface area contributed by atoms with Gasteiger partial charge >= 0.3 is 5.63 Å². The van der Waals surface area contributed by atoms with Crippen LogP contribution in [0.25, 0.3) is 27.9 Å². The molecule has 0 unspecified atom stereocenters. The highest BCUT2D eigenvalue weighted by Crippen LogP contribution is 2.32. The van der Waals surface area contributed by atoms with Gasteiger partial charge < -0.3 is 19.0 Å². The van der Waals surface area contributed by atoms with Crippen molar-refractivity contribution in [2.45, 2.75) is 6.92 Å². The van der Waals surface area contributed by atoms with E-state index >= 15 is 0 Å². The monoisotopic (exact) mass is 387 g/mol. The Kier molecular flexibility index (Phi) is 3.55. The molecule has 29 heavy (non-hydrogen) atoms. The first kappa shape index (κ1) is 16.7. The number of rotatable bonds is 2. The molecule has 2 atom stereocenters. The van der Waals surface area contributed by atoms with Gasteiger partial charge in [-0.05, 0) is 37.0 Å². The van der Waals surface area contributed by atoms with Crippen molar-refractivity contribution in [2.75, 3.05) is 31.1 Å². The second kappa shape index (κ2) is 6.15.